The highest BCUT2D eigenvalue weighted by Gasteiger charge is 2.21. The molecule has 0 spiro atoms. The molecular weight excluding hydrogens is 482 g/mol. The van der Waals surface area contributed by atoms with E-state index < -0.39 is 0 Å². The summed E-state index contributed by atoms with van der Waals surface area (Å²) in [5.41, 5.74) is 15.8. The molecule has 1 saturated heterocycles. The number of nitrogen functional groups attached to an aromatic ring is 1. The fourth-order valence-corrected chi connectivity index (χ4v) is 5.96. The molecule has 39 heavy (non-hydrogen) atoms. The van der Waals surface area contributed by atoms with Crippen LogP contribution in [0, 0.1) is 0 Å². The number of hydrogen-bond donors (Lipinski definition) is 2. The van der Waals surface area contributed by atoms with Crippen molar-refractivity contribution in [3.05, 3.63) is 94.7 Å². The number of nitrogens with zero attached hydrogens (tertiary/aromatic N) is 3. The van der Waals surface area contributed by atoms with Crippen molar-refractivity contribution >= 4 is 33.9 Å². The minimum atomic E-state index is -0.0934. The number of fused-ring (bicyclic) bond motifs is 2. The first-order valence-corrected chi connectivity index (χ1v) is 14.3. The first kappa shape index (κ1) is 25.4. The SMILES string of the molecule is CCc1ccc(N2CCN(Cc3ccccc3C(=O)Nc3ccc4nc5c(c(N)c4c3)CCCC5)CC2)cc1. The Bertz CT molecular complexity index is 1490. The Labute approximate surface area is 230 Å². The summed E-state index contributed by atoms with van der Waals surface area (Å²) >= 11 is 0. The van der Waals surface area contributed by atoms with Gasteiger partial charge in [0.2, 0.25) is 0 Å². The highest BCUT2D eigenvalue weighted by Crippen LogP contribution is 2.32. The molecule has 200 valence electrons. The van der Waals surface area contributed by atoms with E-state index in [1.165, 1.54) is 23.2 Å². The van der Waals surface area contributed by atoms with E-state index in [1.54, 1.807) is 0 Å². The van der Waals surface area contributed by atoms with Crippen molar-refractivity contribution in [3.63, 3.8) is 0 Å². The van der Waals surface area contributed by atoms with Gasteiger partial charge in [-0.25, -0.2) is 0 Å². The van der Waals surface area contributed by atoms with Crippen molar-refractivity contribution in [2.24, 2.45) is 0 Å². The number of anilines is 3. The lowest BCUT2D eigenvalue weighted by molar-refractivity contribution is 0.102. The van der Waals surface area contributed by atoms with Crippen molar-refractivity contribution in [2.75, 3.05) is 42.1 Å². The quantitative estimate of drug-likeness (QED) is 0.335. The monoisotopic (exact) mass is 519 g/mol. The first-order valence-electron chi connectivity index (χ1n) is 14.3. The van der Waals surface area contributed by atoms with Gasteiger partial charge in [-0.3, -0.25) is 14.7 Å². The zero-order valence-corrected chi connectivity index (χ0v) is 22.7. The van der Waals surface area contributed by atoms with Gasteiger partial charge in [-0.05, 0) is 85.2 Å². The lowest BCUT2D eigenvalue weighted by atomic mass is 9.93. The van der Waals surface area contributed by atoms with Crippen LogP contribution < -0.4 is 16.0 Å². The topological polar surface area (TPSA) is 74.5 Å². The van der Waals surface area contributed by atoms with Gasteiger partial charge in [-0.15, -0.1) is 0 Å². The molecule has 6 rings (SSSR count). The summed E-state index contributed by atoms with van der Waals surface area (Å²) < 4.78 is 0. The number of carbonyl (C=O) groups excluding carboxylic acids is 1. The molecule has 4 aromatic rings. The van der Waals surface area contributed by atoms with Crippen LogP contribution >= 0.6 is 0 Å². The van der Waals surface area contributed by atoms with Crippen LogP contribution in [0.4, 0.5) is 17.1 Å². The van der Waals surface area contributed by atoms with Gasteiger partial charge >= 0.3 is 0 Å². The largest absolute Gasteiger partial charge is 0.398 e. The molecule has 2 aliphatic rings. The van der Waals surface area contributed by atoms with Crippen molar-refractivity contribution < 1.29 is 4.79 Å². The highest BCUT2D eigenvalue weighted by molar-refractivity contribution is 6.06. The van der Waals surface area contributed by atoms with Gasteiger partial charge < -0.3 is 16.0 Å². The number of aromatic nitrogens is 1. The number of hydrogen-bond acceptors (Lipinski definition) is 5. The second-order valence-corrected chi connectivity index (χ2v) is 10.8. The third-order valence-electron chi connectivity index (χ3n) is 8.30. The van der Waals surface area contributed by atoms with E-state index in [0.717, 1.165) is 91.9 Å². The molecule has 0 radical (unpaired) electrons. The van der Waals surface area contributed by atoms with Gasteiger partial charge in [0.15, 0.2) is 0 Å². The summed E-state index contributed by atoms with van der Waals surface area (Å²) in [5, 5.41) is 4.04. The molecule has 1 fully saturated rings. The molecule has 1 amide bonds. The summed E-state index contributed by atoms with van der Waals surface area (Å²) in [6.45, 7) is 6.84. The third kappa shape index (κ3) is 5.34. The number of aryl methyl sites for hydroxylation is 2. The molecule has 6 nitrogen and oxygen atoms in total. The molecule has 0 unspecified atom stereocenters. The summed E-state index contributed by atoms with van der Waals surface area (Å²) in [6, 6.07) is 22.7. The predicted octanol–water partition coefficient (Wildman–Crippen LogP) is 5.83. The Hall–Kier alpha value is -3.90. The number of amides is 1. The number of carbonyl (C=O) groups is 1. The van der Waals surface area contributed by atoms with Gasteiger partial charge in [0.1, 0.15) is 0 Å². The maximum Gasteiger partial charge on any atom is 0.255 e. The summed E-state index contributed by atoms with van der Waals surface area (Å²) in [6.07, 6.45) is 5.36. The van der Waals surface area contributed by atoms with Gasteiger partial charge in [0.05, 0.1) is 5.52 Å². The second kappa shape index (κ2) is 11.1. The Morgan fingerprint density at radius 2 is 1.72 bits per heavy atom. The van der Waals surface area contributed by atoms with E-state index in [-0.39, 0.29) is 5.91 Å². The normalized spacial score (nSPS) is 15.8. The Kier molecular flexibility index (Phi) is 7.20. The van der Waals surface area contributed by atoms with Gasteiger partial charge in [-0.2, -0.15) is 0 Å². The molecule has 1 aliphatic heterocycles. The van der Waals surface area contributed by atoms with Gasteiger partial charge in [0.25, 0.3) is 5.91 Å². The molecule has 0 atom stereocenters. The van der Waals surface area contributed by atoms with Crippen LogP contribution in [0.2, 0.25) is 0 Å². The standard InChI is InChI=1S/C33H37N5O/c1-2-23-11-14-26(15-12-23)38-19-17-37(18-20-38)22-24-7-3-4-8-27(24)33(39)35-25-13-16-31-29(21-25)32(34)28-9-5-6-10-30(28)36-31/h3-4,7-8,11-16,21H,2,5-6,9-10,17-20,22H2,1H3,(H2,34,36)(H,35,39). The zero-order valence-electron chi connectivity index (χ0n) is 22.7. The smallest absolute Gasteiger partial charge is 0.255 e. The Balaban J connectivity index is 1.14. The van der Waals surface area contributed by atoms with Crippen LogP contribution in [0.5, 0.6) is 0 Å². The fourth-order valence-electron chi connectivity index (χ4n) is 5.96. The second-order valence-electron chi connectivity index (χ2n) is 10.8. The molecule has 3 N–H and O–H groups in total. The minimum absolute atomic E-state index is 0.0934. The van der Waals surface area contributed by atoms with Crippen LogP contribution in [0.1, 0.15) is 52.5 Å². The number of benzene rings is 3. The number of nitrogens with two attached hydrogens (primary N) is 1. The predicted molar refractivity (Wildman–Crippen MR) is 161 cm³/mol. The molecule has 6 heteroatoms. The number of rotatable bonds is 6. The van der Waals surface area contributed by atoms with Crippen molar-refractivity contribution in [1.29, 1.82) is 0 Å². The van der Waals surface area contributed by atoms with Crippen molar-refractivity contribution in [2.45, 2.75) is 45.6 Å². The molecule has 0 saturated carbocycles. The fraction of sp³-hybridized carbons (Fsp3) is 0.333. The lowest BCUT2D eigenvalue weighted by Crippen LogP contribution is -2.46. The third-order valence-corrected chi connectivity index (χ3v) is 8.30. The number of piperazine rings is 1. The van der Waals surface area contributed by atoms with Crippen LogP contribution in [0.15, 0.2) is 66.7 Å². The number of nitrogens with one attached hydrogen (secondary N) is 1. The molecule has 2 heterocycles. The van der Waals surface area contributed by atoms with Crippen LogP contribution in [0.3, 0.4) is 0 Å². The van der Waals surface area contributed by atoms with Crippen LogP contribution in [0.25, 0.3) is 10.9 Å². The van der Waals surface area contributed by atoms with E-state index in [0.29, 0.717) is 5.56 Å². The van der Waals surface area contributed by atoms with Crippen LogP contribution in [-0.4, -0.2) is 42.0 Å². The summed E-state index contributed by atoms with van der Waals surface area (Å²) in [4.78, 5) is 23.2. The van der Waals surface area contributed by atoms with Crippen molar-refractivity contribution in [1.82, 2.24) is 9.88 Å². The van der Waals surface area contributed by atoms with Crippen LogP contribution in [-0.2, 0) is 25.8 Å². The average Bonchev–Trinajstić information content (AvgIpc) is 2.98. The van der Waals surface area contributed by atoms with E-state index >= 15 is 0 Å². The maximum absolute atomic E-state index is 13.4. The average molecular weight is 520 g/mol. The molecule has 1 aliphatic carbocycles. The molecule has 0 bridgehead atoms. The lowest BCUT2D eigenvalue weighted by Gasteiger charge is -2.36. The maximum atomic E-state index is 13.4. The minimum Gasteiger partial charge on any atom is -0.398 e. The van der Waals surface area contributed by atoms with E-state index in [9.17, 15) is 4.79 Å². The first-order chi connectivity index (χ1) is 19.1. The molecule has 1 aromatic heterocycles. The molecular formula is C33H37N5O. The Morgan fingerprint density at radius 1 is 0.949 bits per heavy atom. The van der Waals surface area contributed by atoms with Crippen molar-refractivity contribution in [3.8, 4) is 0 Å². The van der Waals surface area contributed by atoms with E-state index in [2.05, 4.69) is 52.4 Å². The van der Waals surface area contributed by atoms with Gasteiger partial charge in [-0.1, -0.05) is 37.3 Å². The summed E-state index contributed by atoms with van der Waals surface area (Å²) in [7, 11) is 0. The summed E-state index contributed by atoms with van der Waals surface area (Å²) in [5.74, 6) is -0.0934. The van der Waals surface area contributed by atoms with E-state index in [4.69, 9.17) is 10.7 Å². The zero-order chi connectivity index (χ0) is 26.8. The van der Waals surface area contributed by atoms with E-state index in [1.807, 2.05) is 36.4 Å². The highest BCUT2D eigenvalue weighted by atomic mass is 16.1. The molecule has 3 aromatic carbocycles. The Morgan fingerprint density at radius 3 is 2.51 bits per heavy atom. The van der Waals surface area contributed by atoms with Gasteiger partial charge in [0, 0.05) is 66.4 Å². The number of pyridine rings is 1.